The summed E-state index contributed by atoms with van der Waals surface area (Å²) >= 11 is 0. The molecular weight excluding hydrogens is 380 g/mol. The largest absolute Gasteiger partial charge is 0.459 e. The van der Waals surface area contributed by atoms with E-state index in [-0.39, 0.29) is 24.5 Å². The van der Waals surface area contributed by atoms with Crippen LogP contribution in [0.5, 0.6) is 0 Å². The molecule has 2 aromatic rings. The van der Waals surface area contributed by atoms with Gasteiger partial charge in [-0.1, -0.05) is 37.3 Å². The quantitative estimate of drug-likeness (QED) is 0.375. The summed E-state index contributed by atoms with van der Waals surface area (Å²) in [6.07, 6.45) is -1.45. The van der Waals surface area contributed by atoms with Crippen molar-refractivity contribution in [2.45, 2.75) is 32.1 Å². The Morgan fingerprint density at radius 1 is 1.10 bits per heavy atom. The molecule has 0 saturated heterocycles. The highest BCUT2D eigenvalue weighted by molar-refractivity contribution is 5.89. The minimum atomic E-state index is -1.15. The lowest BCUT2D eigenvalue weighted by atomic mass is 10.1. The van der Waals surface area contributed by atoms with E-state index in [0.29, 0.717) is 6.42 Å². The minimum absolute atomic E-state index is 0.0916. The molecule has 9 heteroatoms. The number of nitrogens with one attached hydrogen (secondary N) is 1. The Hall–Kier alpha value is -3.46. The molecule has 0 radical (unpaired) electrons. The summed E-state index contributed by atoms with van der Waals surface area (Å²) in [4.78, 5) is 34.0. The minimum Gasteiger partial charge on any atom is -0.459 e. The molecule has 0 aliphatic carbocycles. The number of benzene rings is 2. The number of ether oxygens (including phenoxy) is 2. The number of nitro groups is 1. The van der Waals surface area contributed by atoms with Crippen molar-refractivity contribution in [3.63, 3.8) is 0 Å². The first-order valence-corrected chi connectivity index (χ1v) is 8.97. The van der Waals surface area contributed by atoms with Gasteiger partial charge in [-0.25, -0.2) is 9.59 Å². The Kier molecular flexibility index (Phi) is 8.11. The molecule has 9 nitrogen and oxygen atoms in total. The van der Waals surface area contributed by atoms with Crippen LogP contribution >= 0.6 is 0 Å². The van der Waals surface area contributed by atoms with Crippen LogP contribution < -0.4 is 5.32 Å². The Bertz CT molecular complexity index is 824. The summed E-state index contributed by atoms with van der Waals surface area (Å²) < 4.78 is 10.1. The number of aliphatic hydroxyl groups is 1. The highest BCUT2D eigenvalue weighted by atomic mass is 16.6. The predicted molar refractivity (Wildman–Crippen MR) is 103 cm³/mol. The molecule has 1 amide bonds. The Labute approximate surface area is 167 Å². The van der Waals surface area contributed by atoms with Crippen molar-refractivity contribution in [3.05, 3.63) is 75.8 Å². The second-order valence-corrected chi connectivity index (χ2v) is 6.19. The molecular formula is C20H22N2O7. The fourth-order valence-corrected chi connectivity index (χ4v) is 2.47. The van der Waals surface area contributed by atoms with E-state index in [0.717, 1.165) is 5.56 Å². The van der Waals surface area contributed by atoms with Gasteiger partial charge in [0.25, 0.3) is 5.69 Å². The fraction of sp³-hybridized carbons (Fsp3) is 0.300. The molecule has 29 heavy (non-hydrogen) atoms. The summed E-state index contributed by atoms with van der Waals surface area (Å²) in [5.41, 5.74) is 0.796. The van der Waals surface area contributed by atoms with Gasteiger partial charge in [-0.15, -0.1) is 0 Å². The van der Waals surface area contributed by atoms with Crippen LogP contribution in [0.3, 0.4) is 0 Å². The summed E-state index contributed by atoms with van der Waals surface area (Å²) in [6.45, 7) is 1.49. The smallest absolute Gasteiger partial charge is 0.407 e. The van der Waals surface area contributed by atoms with Gasteiger partial charge in [0.2, 0.25) is 0 Å². The number of amides is 1. The van der Waals surface area contributed by atoms with Gasteiger partial charge in [-0.3, -0.25) is 10.1 Å². The maximum atomic E-state index is 12.0. The molecule has 0 saturated carbocycles. The lowest BCUT2D eigenvalue weighted by Crippen LogP contribution is -2.45. The van der Waals surface area contributed by atoms with E-state index in [1.165, 1.54) is 24.3 Å². The number of aliphatic hydroxyl groups excluding tert-OH is 1. The number of rotatable bonds is 9. The van der Waals surface area contributed by atoms with Crippen molar-refractivity contribution in [1.82, 2.24) is 5.32 Å². The second-order valence-electron chi connectivity index (χ2n) is 6.19. The average Bonchev–Trinajstić information content (AvgIpc) is 2.74. The van der Waals surface area contributed by atoms with E-state index in [4.69, 9.17) is 9.47 Å². The second kappa shape index (κ2) is 10.8. The zero-order valence-electron chi connectivity index (χ0n) is 15.8. The number of non-ortho nitro benzene ring substituents is 1. The van der Waals surface area contributed by atoms with Gasteiger partial charge >= 0.3 is 12.1 Å². The third-order valence-corrected chi connectivity index (χ3v) is 4.12. The number of esters is 1. The first-order valence-electron chi connectivity index (χ1n) is 8.97. The summed E-state index contributed by atoms with van der Waals surface area (Å²) in [5.74, 6) is -0.736. The standard InChI is InChI=1S/C20H22N2O7/c1-2-17(21-20(25)29-12-14-6-4-3-5-7-14)18(23)13-28-19(24)15-8-10-16(11-9-15)22(26)27/h3-11,17-18,23H,2,12-13H2,1H3,(H,21,25)/t17-,18-/m0/s1. The van der Waals surface area contributed by atoms with Gasteiger partial charge in [0, 0.05) is 12.1 Å². The number of alkyl carbamates (subject to hydrolysis) is 1. The topological polar surface area (TPSA) is 128 Å². The van der Waals surface area contributed by atoms with Crippen LogP contribution in [0.25, 0.3) is 0 Å². The molecule has 0 heterocycles. The van der Waals surface area contributed by atoms with Crippen LogP contribution in [0.2, 0.25) is 0 Å². The van der Waals surface area contributed by atoms with Gasteiger partial charge in [-0.2, -0.15) is 0 Å². The average molecular weight is 402 g/mol. The monoisotopic (exact) mass is 402 g/mol. The highest BCUT2D eigenvalue weighted by Gasteiger charge is 2.22. The first kappa shape index (κ1) is 21.8. The number of carbonyl (C=O) groups excluding carboxylic acids is 2. The van der Waals surface area contributed by atoms with Gasteiger partial charge in [0.1, 0.15) is 19.3 Å². The van der Waals surface area contributed by atoms with Crippen LogP contribution in [0, 0.1) is 10.1 Å². The van der Waals surface area contributed by atoms with E-state index < -0.39 is 29.1 Å². The van der Waals surface area contributed by atoms with Gasteiger partial charge in [0.05, 0.1) is 16.5 Å². The van der Waals surface area contributed by atoms with Crippen molar-refractivity contribution in [3.8, 4) is 0 Å². The number of carbonyl (C=O) groups is 2. The Morgan fingerprint density at radius 3 is 2.34 bits per heavy atom. The van der Waals surface area contributed by atoms with Gasteiger partial charge in [0.15, 0.2) is 0 Å². The third kappa shape index (κ3) is 6.89. The maximum absolute atomic E-state index is 12.0. The number of hydrogen-bond donors (Lipinski definition) is 2. The summed E-state index contributed by atoms with van der Waals surface area (Å²) in [7, 11) is 0. The summed E-state index contributed by atoms with van der Waals surface area (Å²) in [5, 5.41) is 23.4. The summed E-state index contributed by atoms with van der Waals surface area (Å²) in [6, 6.07) is 13.4. The normalized spacial score (nSPS) is 12.5. The molecule has 2 N–H and O–H groups in total. The molecule has 0 spiro atoms. The molecule has 2 atom stereocenters. The van der Waals surface area contributed by atoms with Crippen molar-refractivity contribution in [2.24, 2.45) is 0 Å². The van der Waals surface area contributed by atoms with E-state index in [1.54, 1.807) is 6.92 Å². The van der Waals surface area contributed by atoms with Crippen molar-refractivity contribution in [2.75, 3.05) is 6.61 Å². The highest BCUT2D eigenvalue weighted by Crippen LogP contribution is 2.13. The molecule has 2 aromatic carbocycles. The third-order valence-electron chi connectivity index (χ3n) is 4.12. The lowest BCUT2D eigenvalue weighted by molar-refractivity contribution is -0.384. The van der Waals surface area contributed by atoms with Crippen molar-refractivity contribution < 1.29 is 29.1 Å². The molecule has 0 bridgehead atoms. The van der Waals surface area contributed by atoms with Crippen LogP contribution in [-0.2, 0) is 16.1 Å². The SMILES string of the molecule is CC[C@H](NC(=O)OCc1ccccc1)[C@@H](O)COC(=O)c1ccc([N+](=O)[O-])cc1. The first-order chi connectivity index (χ1) is 13.9. The lowest BCUT2D eigenvalue weighted by Gasteiger charge is -2.22. The molecule has 154 valence electrons. The molecule has 0 aromatic heterocycles. The number of hydrogen-bond acceptors (Lipinski definition) is 7. The molecule has 0 fully saturated rings. The Morgan fingerprint density at radius 2 is 1.76 bits per heavy atom. The molecule has 0 aliphatic rings. The number of nitro benzene ring substituents is 1. The number of nitrogens with zero attached hydrogens (tertiary/aromatic N) is 1. The van der Waals surface area contributed by atoms with Crippen LogP contribution in [0.4, 0.5) is 10.5 Å². The Balaban J connectivity index is 1.80. The van der Waals surface area contributed by atoms with E-state index in [9.17, 15) is 24.8 Å². The van der Waals surface area contributed by atoms with Crippen molar-refractivity contribution >= 4 is 17.7 Å². The van der Waals surface area contributed by atoms with E-state index in [2.05, 4.69) is 5.32 Å². The van der Waals surface area contributed by atoms with Crippen LogP contribution in [0.1, 0.15) is 29.3 Å². The van der Waals surface area contributed by atoms with Crippen molar-refractivity contribution in [1.29, 1.82) is 0 Å². The molecule has 0 unspecified atom stereocenters. The van der Waals surface area contributed by atoms with E-state index >= 15 is 0 Å². The van der Waals surface area contributed by atoms with Crippen LogP contribution in [0.15, 0.2) is 54.6 Å². The molecule has 0 aliphatic heterocycles. The maximum Gasteiger partial charge on any atom is 0.407 e. The zero-order chi connectivity index (χ0) is 21.2. The van der Waals surface area contributed by atoms with E-state index in [1.807, 2.05) is 30.3 Å². The predicted octanol–water partition coefficient (Wildman–Crippen LogP) is 2.82. The van der Waals surface area contributed by atoms with Crippen LogP contribution in [-0.4, -0.2) is 40.8 Å². The molecule has 2 rings (SSSR count). The van der Waals surface area contributed by atoms with Gasteiger partial charge < -0.3 is 19.9 Å². The van der Waals surface area contributed by atoms with Gasteiger partial charge in [-0.05, 0) is 24.1 Å². The fourth-order valence-electron chi connectivity index (χ4n) is 2.47. The zero-order valence-corrected chi connectivity index (χ0v) is 15.8.